The molecule has 0 bridgehead atoms. The highest BCUT2D eigenvalue weighted by molar-refractivity contribution is 5.94. The summed E-state index contributed by atoms with van der Waals surface area (Å²) in [6, 6.07) is 5.65. The molecule has 0 aromatic heterocycles. The molecule has 0 N–H and O–H groups in total. The van der Waals surface area contributed by atoms with Gasteiger partial charge in [-0.3, -0.25) is 19.7 Å². The van der Waals surface area contributed by atoms with Gasteiger partial charge in [0, 0.05) is 12.1 Å². The van der Waals surface area contributed by atoms with Crippen LogP contribution in [0.15, 0.2) is 24.3 Å². The van der Waals surface area contributed by atoms with E-state index in [1.807, 2.05) is 0 Å². The molecule has 0 heterocycles. The van der Waals surface area contributed by atoms with E-state index >= 15 is 0 Å². The number of nitro groups is 1. The number of carbonyl (C=O) groups excluding carboxylic acids is 2. The van der Waals surface area contributed by atoms with E-state index in [-0.39, 0.29) is 24.5 Å². The number of hydrogen-bond acceptors (Lipinski definition) is 5. The Morgan fingerprint density at radius 2 is 1.88 bits per heavy atom. The molecular formula is C11H11NO5. The second-order valence-corrected chi connectivity index (χ2v) is 3.46. The fraction of sp³-hybridized carbons (Fsp3) is 0.273. The van der Waals surface area contributed by atoms with Crippen LogP contribution in [0.5, 0.6) is 0 Å². The van der Waals surface area contributed by atoms with Crippen LogP contribution >= 0.6 is 0 Å². The maximum atomic E-state index is 11.1. The summed E-state index contributed by atoms with van der Waals surface area (Å²) in [6.07, 6.45) is -0.257. The first kappa shape index (κ1) is 12.8. The number of non-ortho nitro benzene ring substituents is 1. The van der Waals surface area contributed by atoms with Crippen LogP contribution in [-0.2, 0) is 20.9 Å². The van der Waals surface area contributed by atoms with Gasteiger partial charge < -0.3 is 4.74 Å². The Kier molecular flexibility index (Phi) is 4.33. The first-order chi connectivity index (χ1) is 7.99. The third-order valence-corrected chi connectivity index (χ3v) is 1.94. The van der Waals surface area contributed by atoms with Crippen molar-refractivity contribution in [2.24, 2.45) is 0 Å². The van der Waals surface area contributed by atoms with E-state index in [1.54, 1.807) is 0 Å². The Labute approximate surface area is 97.3 Å². The number of esters is 1. The first-order valence-electron chi connectivity index (χ1n) is 4.87. The van der Waals surface area contributed by atoms with Gasteiger partial charge in [-0.05, 0) is 24.6 Å². The van der Waals surface area contributed by atoms with Crippen molar-refractivity contribution in [3.8, 4) is 0 Å². The molecule has 1 rings (SSSR count). The molecule has 1 aromatic carbocycles. The van der Waals surface area contributed by atoms with Gasteiger partial charge in [-0.25, -0.2) is 0 Å². The molecule has 90 valence electrons. The number of ketones is 1. The lowest BCUT2D eigenvalue weighted by atomic mass is 10.2. The maximum Gasteiger partial charge on any atom is 0.313 e. The van der Waals surface area contributed by atoms with Crippen LogP contribution in [0.4, 0.5) is 5.69 Å². The summed E-state index contributed by atoms with van der Waals surface area (Å²) in [6.45, 7) is 1.30. The number of ether oxygens (including phenoxy) is 1. The molecule has 17 heavy (non-hydrogen) atoms. The highest BCUT2D eigenvalue weighted by atomic mass is 16.6. The van der Waals surface area contributed by atoms with E-state index < -0.39 is 10.9 Å². The van der Waals surface area contributed by atoms with Crippen LogP contribution < -0.4 is 0 Å². The normalized spacial score (nSPS) is 9.71. The lowest BCUT2D eigenvalue weighted by Gasteiger charge is -2.03. The molecule has 0 fully saturated rings. The topological polar surface area (TPSA) is 86.5 Å². The van der Waals surface area contributed by atoms with E-state index in [0.29, 0.717) is 5.56 Å². The Morgan fingerprint density at radius 3 is 2.35 bits per heavy atom. The maximum absolute atomic E-state index is 11.1. The van der Waals surface area contributed by atoms with Gasteiger partial charge in [0.25, 0.3) is 5.69 Å². The summed E-state index contributed by atoms with van der Waals surface area (Å²) in [5.41, 5.74) is 0.608. The van der Waals surface area contributed by atoms with Crippen LogP contribution in [0.1, 0.15) is 18.9 Å². The standard InChI is InChI=1S/C11H11NO5/c1-8(13)6-11(14)17-7-9-2-4-10(5-3-9)12(15)16/h2-5H,6-7H2,1H3. The van der Waals surface area contributed by atoms with Gasteiger partial charge in [0.2, 0.25) is 0 Å². The van der Waals surface area contributed by atoms with Gasteiger partial charge in [0.05, 0.1) is 4.92 Å². The summed E-state index contributed by atoms with van der Waals surface area (Å²) < 4.78 is 4.81. The Morgan fingerprint density at radius 1 is 1.29 bits per heavy atom. The van der Waals surface area contributed by atoms with Crippen molar-refractivity contribution in [2.75, 3.05) is 0 Å². The monoisotopic (exact) mass is 237 g/mol. The molecule has 1 aromatic rings. The van der Waals surface area contributed by atoms with Gasteiger partial charge in [0.1, 0.15) is 18.8 Å². The van der Waals surface area contributed by atoms with Crippen molar-refractivity contribution in [3.63, 3.8) is 0 Å². The average molecular weight is 237 g/mol. The van der Waals surface area contributed by atoms with Gasteiger partial charge in [-0.2, -0.15) is 0 Å². The number of rotatable bonds is 5. The summed E-state index contributed by atoms with van der Waals surface area (Å²) in [4.78, 5) is 31.5. The largest absolute Gasteiger partial charge is 0.460 e. The summed E-state index contributed by atoms with van der Waals surface area (Å²) in [5, 5.41) is 10.4. The minimum Gasteiger partial charge on any atom is -0.460 e. The molecule has 0 saturated carbocycles. The highest BCUT2D eigenvalue weighted by Gasteiger charge is 2.08. The number of carbonyl (C=O) groups is 2. The van der Waals surface area contributed by atoms with Crippen molar-refractivity contribution in [3.05, 3.63) is 39.9 Å². The van der Waals surface area contributed by atoms with Crippen LogP contribution in [0.25, 0.3) is 0 Å². The van der Waals surface area contributed by atoms with Crippen LogP contribution in [-0.4, -0.2) is 16.7 Å². The molecule has 6 nitrogen and oxygen atoms in total. The molecule has 0 atom stereocenters. The van der Waals surface area contributed by atoms with E-state index in [9.17, 15) is 19.7 Å². The fourth-order valence-corrected chi connectivity index (χ4v) is 1.13. The smallest absolute Gasteiger partial charge is 0.313 e. The fourth-order valence-electron chi connectivity index (χ4n) is 1.13. The molecule has 0 aliphatic rings. The molecular weight excluding hydrogens is 226 g/mol. The quantitative estimate of drug-likeness (QED) is 0.336. The summed E-state index contributed by atoms with van der Waals surface area (Å²) in [5.74, 6) is -0.866. The minimum atomic E-state index is -0.601. The molecule has 6 heteroatoms. The predicted octanol–water partition coefficient (Wildman–Crippen LogP) is 1.62. The lowest BCUT2D eigenvalue weighted by Crippen LogP contribution is -2.08. The van der Waals surface area contributed by atoms with Gasteiger partial charge >= 0.3 is 5.97 Å². The summed E-state index contributed by atoms with van der Waals surface area (Å²) in [7, 11) is 0. The number of nitrogens with zero attached hydrogens (tertiary/aromatic N) is 1. The third-order valence-electron chi connectivity index (χ3n) is 1.94. The number of benzene rings is 1. The average Bonchev–Trinajstić information content (AvgIpc) is 2.26. The van der Waals surface area contributed by atoms with Gasteiger partial charge in [-0.15, -0.1) is 0 Å². The van der Waals surface area contributed by atoms with Crippen molar-refractivity contribution in [2.45, 2.75) is 20.0 Å². The van der Waals surface area contributed by atoms with Crippen LogP contribution in [0.2, 0.25) is 0 Å². The zero-order valence-electron chi connectivity index (χ0n) is 9.21. The van der Waals surface area contributed by atoms with Crippen molar-refractivity contribution in [1.29, 1.82) is 0 Å². The molecule has 0 aliphatic heterocycles. The Bertz CT molecular complexity index is 438. The SMILES string of the molecule is CC(=O)CC(=O)OCc1ccc([N+](=O)[O-])cc1. The number of hydrogen-bond donors (Lipinski definition) is 0. The predicted molar refractivity (Wildman–Crippen MR) is 58.2 cm³/mol. The molecule has 0 saturated heterocycles. The van der Waals surface area contributed by atoms with Crippen LogP contribution in [0, 0.1) is 10.1 Å². The Hall–Kier alpha value is -2.24. The lowest BCUT2D eigenvalue weighted by molar-refractivity contribution is -0.384. The Balaban J connectivity index is 2.50. The third kappa shape index (κ3) is 4.42. The van der Waals surface area contributed by atoms with Crippen molar-refractivity contribution < 1.29 is 19.2 Å². The van der Waals surface area contributed by atoms with Crippen LogP contribution in [0.3, 0.4) is 0 Å². The molecule has 0 aliphatic carbocycles. The van der Waals surface area contributed by atoms with E-state index in [4.69, 9.17) is 4.74 Å². The minimum absolute atomic E-state index is 0.00408. The van der Waals surface area contributed by atoms with E-state index in [2.05, 4.69) is 0 Å². The van der Waals surface area contributed by atoms with Crippen molar-refractivity contribution in [1.82, 2.24) is 0 Å². The first-order valence-corrected chi connectivity index (χ1v) is 4.87. The van der Waals surface area contributed by atoms with Gasteiger partial charge in [-0.1, -0.05) is 0 Å². The zero-order chi connectivity index (χ0) is 12.8. The van der Waals surface area contributed by atoms with E-state index in [1.165, 1.54) is 31.2 Å². The summed E-state index contributed by atoms with van der Waals surface area (Å²) >= 11 is 0. The number of Topliss-reactive ketones (excluding diaryl/α,β-unsaturated/α-hetero) is 1. The molecule has 0 spiro atoms. The number of nitro benzene ring substituents is 1. The molecule has 0 radical (unpaired) electrons. The van der Waals surface area contributed by atoms with Crippen molar-refractivity contribution >= 4 is 17.4 Å². The van der Waals surface area contributed by atoms with E-state index in [0.717, 1.165) is 0 Å². The molecule has 0 unspecified atom stereocenters. The highest BCUT2D eigenvalue weighted by Crippen LogP contribution is 2.12. The second-order valence-electron chi connectivity index (χ2n) is 3.46. The zero-order valence-corrected chi connectivity index (χ0v) is 9.21. The second kappa shape index (κ2) is 5.74. The van der Waals surface area contributed by atoms with Gasteiger partial charge in [0.15, 0.2) is 0 Å². The molecule has 0 amide bonds.